The van der Waals surface area contributed by atoms with Crippen molar-refractivity contribution in [2.45, 2.75) is 91.3 Å². The van der Waals surface area contributed by atoms with Crippen molar-refractivity contribution in [3.8, 4) is 5.75 Å². The van der Waals surface area contributed by atoms with Crippen molar-refractivity contribution in [2.75, 3.05) is 20.2 Å². The molecule has 2 fully saturated rings. The molecule has 3 atom stereocenters. The highest BCUT2D eigenvalue weighted by Gasteiger charge is 2.67. The summed E-state index contributed by atoms with van der Waals surface area (Å²) >= 11 is 0. The second-order valence-corrected chi connectivity index (χ2v) is 12.7. The van der Waals surface area contributed by atoms with Crippen LogP contribution in [0.2, 0.25) is 0 Å². The van der Waals surface area contributed by atoms with E-state index >= 15 is 0 Å². The maximum Gasteiger partial charge on any atom is 0.243 e. The topological polar surface area (TPSA) is 88.9 Å². The van der Waals surface area contributed by atoms with E-state index in [1.54, 1.807) is 22.9 Å². The summed E-state index contributed by atoms with van der Waals surface area (Å²) in [4.78, 5) is 56.4. The molecule has 3 heterocycles. The molecule has 2 amide bonds. The van der Waals surface area contributed by atoms with Gasteiger partial charge < -0.3 is 19.1 Å². The van der Waals surface area contributed by atoms with Gasteiger partial charge in [0.2, 0.25) is 11.8 Å². The molecular weight excluding hydrogens is 518 g/mol. The van der Waals surface area contributed by atoms with Crippen LogP contribution in [0.5, 0.6) is 5.75 Å². The maximum atomic E-state index is 14.1. The van der Waals surface area contributed by atoms with Gasteiger partial charge in [-0.25, -0.2) is 0 Å². The van der Waals surface area contributed by atoms with Gasteiger partial charge in [0.15, 0.2) is 11.6 Å². The first-order chi connectivity index (χ1) is 19.5. The predicted octanol–water partition coefficient (Wildman–Crippen LogP) is 4.96. The largest absolute Gasteiger partial charge is 0.493 e. The van der Waals surface area contributed by atoms with Crippen molar-refractivity contribution in [2.24, 2.45) is 11.3 Å². The fraction of sp³-hybridized carbons (Fsp3) is 0.576. The number of hydrogen-bond acceptors (Lipinski definition) is 5. The summed E-state index contributed by atoms with van der Waals surface area (Å²) in [6, 6.07) is 3.41. The summed E-state index contributed by atoms with van der Waals surface area (Å²) in [5.74, 6) is 1.04. The minimum Gasteiger partial charge on any atom is -0.493 e. The maximum absolute atomic E-state index is 14.1. The van der Waals surface area contributed by atoms with Crippen LogP contribution in [-0.2, 0) is 27.3 Å². The molecule has 3 aliphatic rings. The van der Waals surface area contributed by atoms with Gasteiger partial charge >= 0.3 is 0 Å². The molecule has 2 aromatic rings. The van der Waals surface area contributed by atoms with Crippen LogP contribution in [0.15, 0.2) is 30.5 Å². The molecule has 0 N–H and O–H groups in total. The smallest absolute Gasteiger partial charge is 0.243 e. The molecule has 1 aromatic carbocycles. The second kappa shape index (κ2) is 11.5. The Morgan fingerprint density at radius 3 is 2.61 bits per heavy atom. The lowest BCUT2D eigenvalue weighted by molar-refractivity contribution is -0.139. The third kappa shape index (κ3) is 5.70. The van der Waals surface area contributed by atoms with E-state index in [-0.39, 0.29) is 41.4 Å². The summed E-state index contributed by atoms with van der Waals surface area (Å²) in [7, 11) is 1.84. The van der Waals surface area contributed by atoms with Crippen LogP contribution >= 0.6 is 0 Å². The highest BCUT2D eigenvalue weighted by atomic mass is 16.5. The second-order valence-electron chi connectivity index (χ2n) is 12.7. The number of ether oxygens (including phenoxy) is 1. The molecule has 1 aliphatic carbocycles. The number of piperidine rings is 1. The Morgan fingerprint density at radius 2 is 1.90 bits per heavy atom. The minimum absolute atomic E-state index is 0.0432. The molecule has 0 radical (unpaired) electrons. The normalized spacial score (nSPS) is 25.8. The van der Waals surface area contributed by atoms with E-state index in [4.69, 9.17) is 4.74 Å². The van der Waals surface area contributed by atoms with Crippen molar-refractivity contribution in [1.29, 1.82) is 0 Å². The van der Waals surface area contributed by atoms with E-state index in [2.05, 4.69) is 26.0 Å². The Hall–Kier alpha value is -3.42. The number of hydrogen-bond donors (Lipinski definition) is 0. The lowest BCUT2D eigenvalue weighted by Crippen LogP contribution is -2.44. The van der Waals surface area contributed by atoms with Crippen LogP contribution < -0.4 is 4.74 Å². The first-order valence-corrected chi connectivity index (χ1v) is 15.1. The number of aromatic nitrogens is 1. The molecule has 2 bridgehead atoms. The molecule has 220 valence electrons. The molecule has 41 heavy (non-hydrogen) atoms. The van der Waals surface area contributed by atoms with Crippen LogP contribution in [0.3, 0.4) is 0 Å². The average molecular weight is 562 g/mol. The van der Waals surface area contributed by atoms with Gasteiger partial charge in [-0.15, -0.1) is 0 Å². The van der Waals surface area contributed by atoms with Crippen LogP contribution in [0.25, 0.3) is 10.9 Å². The summed E-state index contributed by atoms with van der Waals surface area (Å²) in [6.07, 6.45) is 10.4. The molecule has 0 unspecified atom stereocenters. The summed E-state index contributed by atoms with van der Waals surface area (Å²) in [5.41, 5.74) is 2.16. The number of rotatable bonds is 6. The zero-order valence-electron chi connectivity index (χ0n) is 25.1. The lowest BCUT2D eigenvalue weighted by Gasteiger charge is -2.27. The van der Waals surface area contributed by atoms with Gasteiger partial charge in [-0.3, -0.25) is 19.2 Å². The number of benzene rings is 1. The van der Waals surface area contributed by atoms with Crippen molar-refractivity contribution >= 4 is 34.3 Å². The van der Waals surface area contributed by atoms with Crippen LogP contribution in [0, 0.1) is 11.3 Å². The van der Waals surface area contributed by atoms with Crippen molar-refractivity contribution in [3.63, 3.8) is 0 Å². The Balaban J connectivity index is 1.59. The van der Waals surface area contributed by atoms with Gasteiger partial charge in [0.05, 0.1) is 18.2 Å². The number of carbonyl (C=O) groups is 4. The van der Waals surface area contributed by atoms with Crippen molar-refractivity contribution in [3.05, 3.63) is 41.6 Å². The van der Waals surface area contributed by atoms with E-state index < -0.39 is 6.04 Å². The predicted molar refractivity (Wildman–Crippen MR) is 158 cm³/mol. The van der Waals surface area contributed by atoms with E-state index in [1.165, 1.54) is 0 Å². The molecular formula is C33H43N3O5. The zero-order chi connectivity index (χ0) is 29.5. The fourth-order valence-electron chi connectivity index (χ4n) is 6.81. The molecule has 8 heteroatoms. The number of carbonyl (C=O) groups excluding carboxylic acids is 4. The molecule has 2 aliphatic heterocycles. The third-order valence-corrected chi connectivity index (χ3v) is 8.96. The Labute approximate surface area is 242 Å². The first-order valence-electron chi connectivity index (χ1n) is 15.1. The highest BCUT2D eigenvalue weighted by molar-refractivity contribution is 6.08. The van der Waals surface area contributed by atoms with Gasteiger partial charge in [0, 0.05) is 55.0 Å². The minimum atomic E-state index is -0.471. The quantitative estimate of drug-likeness (QED) is 0.368. The van der Waals surface area contributed by atoms with Crippen LogP contribution in [-0.4, -0.2) is 70.0 Å². The number of nitrogens with zero attached hydrogens (tertiary/aromatic N) is 3. The van der Waals surface area contributed by atoms with E-state index in [0.29, 0.717) is 56.1 Å². The van der Waals surface area contributed by atoms with E-state index in [0.717, 1.165) is 35.7 Å². The van der Waals surface area contributed by atoms with E-state index in [9.17, 15) is 19.2 Å². The van der Waals surface area contributed by atoms with Gasteiger partial charge in [0.25, 0.3) is 0 Å². The SMILES string of the molecule is CCC(=O)[C@@H]1C[C@@]23C[C@H]2N1C(=O)Cn1cc(C(C)=O)c2cc(OCC(C)C)cc(c21)C/C=C/CCCC(=O)N(C)C3. The number of allylic oxidation sites excluding steroid dienone is 2. The van der Waals surface area contributed by atoms with E-state index in [1.807, 2.05) is 30.7 Å². The fourth-order valence-corrected chi connectivity index (χ4v) is 6.81. The molecule has 5 rings (SSSR count). The third-order valence-electron chi connectivity index (χ3n) is 8.96. The molecule has 1 saturated carbocycles. The number of Topliss-reactive ketones (excluding diaryl/α,β-unsaturated/α-hetero) is 2. The Bertz CT molecular complexity index is 1410. The van der Waals surface area contributed by atoms with Gasteiger partial charge in [0.1, 0.15) is 12.3 Å². The highest BCUT2D eigenvalue weighted by Crippen LogP contribution is 2.60. The van der Waals surface area contributed by atoms with Crippen molar-refractivity contribution < 1.29 is 23.9 Å². The van der Waals surface area contributed by atoms with Gasteiger partial charge in [-0.05, 0) is 62.6 Å². The van der Waals surface area contributed by atoms with Crippen LogP contribution in [0.1, 0.15) is 82.1 Å². The van der Waals surface area contributed by atoms with Crippen LogP contribution in [0.4, 0.5) is 0 Å². The molecule has 1 saturated heterocycles. The van der Waals surface area contributed by atoms with Crippen molar-refractivity contribution in [1.82, 2.24) is 14.4 Å². The summed E-state index contributed by atoms with van der Waals surface area (Å²) in [5, 5.41) is 0.781. The summed E-state index contributed by atoms with van der Waals surface area (Å²) in [6.45, 7) is 8.74. The molecule has 0 spiro atoms. The summed E-state index contributed by atoms with van der Waals surface area (Å²) < 4.78 is 7.99. The monoisotopic (exact) mass is 561 g/mol. The first kappa shape index (κ1) is 29.1. The van der Waals surface area contributed by atoms with Gasteiger partial charge in [-0.1, -0.05) is 32.9 Å². The lowest BCUT2D eigenvalue weighted by atomic mass is 9.95. The Morgan fingerprint density at radius 1 is 1.12 bits per heavy atom. The van der Waals surface area contributed by atoms with Gasteiger partial charge in [-0.2, -0.15) is 0 Å². The molecule has 1 aromatic heterocycles. The number of ketones is 2. The zero-order valence-corrected chi connectivity index (χ0v) is 25.1. The average Bonchev–Trinajstić information content (AvgIpc) is 3.32. The standard InChI is InChI=1S/C33H43N3O5/c1-6-28(38)27-15-33-16-29(33)36(27)31(40)18-35-17-26(22(4)37)25-14-24(41-19-21(2)3)13-23(32(25)35)11-9-7-8-10-12-30(39)34(5)20-33/h7,9,13-14,17,21,27,29H,6,8,10-12,15-16,18-20H2,1-5H3/b9-7+/t27-,29+,33-/m0/s1. The number of amides is 2. The molecule has 8 nitrogen and oxygen atoms in total. The Kier molecular flexibility index (Phi) is 8.13.